The summed E-state index contributed by atoms with van der Waals surface area (Å²) in [6.07, 6.45) is 20.3. The van der Waals surface area contributed by atoms with Crippen LogP contribution in [0.15, 0.2) is 54.1 Å². The standard InChI is InChI=1S/C24H34O/c1-21(25)12-8-9-18-24(20-23-16-6-3-7-17-23)19-11-10-15-22-13-4-2-5-14-22/h2,4-5,11,13-14,19-20,23H,3,6-10,12,15-18H2,1H3/b19-11+,24-20+. The smallest absolute Gasteiger partial charge is 0.129 e. The number of carbonyl (C=O) groups excluding carboxylic acids is 1. The van der Waals surface area contributed by atoms with E-state index in [9.17, 15) is 4.79 Å². The molecule has 1 aliphatic carbocycles. The van der Waals surface area contributed by atoms with Gasteiger partial charge in [0.05, 0.1) is 0 Å². The monoisotopic (exact) mass is 338 g/mol. The van der Waals surface area contributed by atoms with Crippen LogP contribution in [0.1, 0.15) is 76.7 Å². The molecule has 0 heterocycles. The summed E-state index contributed by atoms with van der Waals surface area (Å²) in [6.45, 7) is 1.70. The van der Waals surface area contributed by atoms with E-state index in [4.69, 9.17) is 0 Å². The first-order valence-electron chi connectivity index (χ1n) is 10.1. The fourth-order valence-electron chi connectivity index (χ4n) is 3.66. The van der Waals surface area contributed by atoms with E-state index in [0.717, 1.165) is 44.4 Å². The molecule has 25 heavy (non-hydrogen) atoms. The molecule has 1 saturated carbocycles. The number of benzene rings is 1. The number of aryl methyl sites for hydroxylation is 1. The average Bonchev–Trinajstić information content (AvgIpc) is 2.63. The zero-order valence-corrected chi connectivity index (χ0v) is 15.9. The molecule has 0 saturated heterocycles. The van der Waals surface area contributed by atoms with E-state index < -0.39 is 0 Å². The lowest BCUT2D eigenvalue weighted by molar-refractivity contribution is -0.117. The zero-order valence-electron chi connectivity index (χ0n) is 15.9. The van der Waals surface area contributed by atoms with E-state index in [1.165, 1.54) is 43.2 Å². The summed E-state index contributed by atoms with van der Waals surface area (Å²) in [6, 6.07) is 10.7. The molecule has 0 spiro atoms. The van der Waals surface area contributed by atoms with Gasteiger partial charge in [-0.25, -0.2) is 0 Å². The van der Waals surface area contributed by atoms with Crippen molar-refractivity contribution in [3.63, 3.8) is 0 Å². The molecule has 0 amide bonds. The number of hydrogen-bond acceptors (Lipinski definition) is 1. The Morgan fingerprint density at radius 3 is 2.48 bits per heavy atom. The van der Waals surface area contributed by atoms with Gasteiger partial charge < -0.3 is 4.79 Å². The van der Waals surface area contributed by atoms with Crippen LogP contribution in [0.4, 0.5) is 0 Å². The van der Waals surface area contributed by atoms with Crippen molar-refractivity contribution in [2.75, 3.05) is 0 Å². The Hall–Kier alpha value is -1.63. The molecule has 136 valence electrons. The summed E-state index contributed by atoms with van der Waals surface area (Å²) in [5.74, 6) is 1.09. The molecule has 1 heteroatoms. The number of rotatable bonds is 10. The van der Waals surface area contributed by atoms with Gasteiger partial charge in [-0.15, -0.1) is 0 Å². The fraction of sp³-hybridized carbons (Fsp3) is 0.542. The zero-order chi connectivity index (χ0) is 17.7. The second-order valence-electron chi connectivity index (χ2n) is 7.48. The highest BCUT2D eigenvalue weighted by Gasteiger charge is 2.11. The molecule has 0 aromatic heterocycles. The van der Waals surface area contributed by atoms with Crippen LogP contribution in [0.3, 0.4) is 0 Å². The molecule has 1 nitrogen and oxygen atoms in total. The first kappa shape index (κ1) is 19.7. The topological polar surface area (TPSA) is 17.1 Å². The number of carbonyl (C=O) groups is 1. The van der Waals surface area contributed by atoms with Crippen LogP contribution in [-0.4, -0.2) is 5.78 Å². The Bertz CT molecular complexity index is 547. The van der Waals surface area contributed by atoms with Crippen molar-refractivity contribution in [1.82, 2.24) is 0 Å². The Kier molecular flexibility index (Phi) is 9.33. The van der Waals surface area contributed by atoms with E-state index in [1.807, 2.05) is 0 Å². The maximum atomic E-state index is 11.1. The normalized spacial score (nSPS) is 16.4. The molecule has 2 rings (SSSR count). The first-order chi connectivity index (χ1) is 12.2. The summed E-state index contributed by atoms with van der Waals surface area (Å²) < 4.78 is 0. The van der Waals surface area contributed by atoms with Crippen molar-refractivity contribution >= 4 is 5.78 Å². The van der Waals surface area contributed by atoms with Crippen LogP contribution in [0.2, 0.25) is 0 Å². The fourth-order valence-corrected chi connectivity index (χ4v) is 3.66. The Morgan fingerprint density at radius 2 is 1.76 bits per heavy atom. The van der Waals surface area contributed by atoms with E-state index in [2.05, 4.69) is 48.6 Å². The lowest BCUT2D eigenvalue weighted by Crippen LogP contribution is -2.03. The van der Waals surface area contributed by atoms with Crippen molar-refractivity contribution in [2.45, 2.75) is 77.6 Å². The largest absolute Gasteiger partial charge is 0.300 e. The minimum Gasteiger partial charge on any atom is -0.300 e. The maximum absolute atomic E-state index is 11.1. The summed E-state index contributed by atoms with van der Waals surface area (Å²) >= 11 is 0. The van der Waals surface area contributed by atoms with Crippen molar-refractivity contribution in [1.29, 1.82) is 0 Å². The minimum absolute atomic E-state index is 0.316. The molecule has 0 radical (unpaired) electrons. The van der Waals surface area contributed by atoms with Gasteiger partial charge in [-0.1, -0.05) is 73.4 Å². The predicted octanol–water partition coefficient (Wildman–Crippen LogP) is 6.83. The van der Waals surface area contributed by atoms with Crippen molar-refractivity contribution < 1.29 is 4.79 Å². The molecule has 0 aliphatic heterocycles. The van der Waals surface area contributed by atoms with Gasteiger partial charge in [0.2, 0.25) is 0 Å². The highest BCUT2D eigenvalue weighted by atomic mass is 16.1. The summed E-state index contributed by atoms with van der Waals surface area (Å²) in [5, 5.41) is 0. The Morgan fingerprint density at radius 1 is 1.04 bits per heavy atom. The highest BCUT2D eigenvalue weighted by molar-refractivity contribution is 5.75. The van der Waals surface area contributed by atoms with E-state index >= 15 is 0 Å². The summed E-state index contributed by atoms with van der Waals surface area (Å²) in [4.78, 5) is 11.1. The van der Waals surface area contributed by atoms with E-state index in [1.54, 1.807) is 6.92 Å². The van der Waals surface area contributed by atoms with Gasteiger partial charge >= 0.3 is 0 Å². The molecule has 1 fully saturated rings. The van der Waals surface area contributed by atoms with E-state index in [-0.39, 0.29) is 0 Å². The SMILES string of the molecule is CC(=O)CCCCC(/C=C/CCc1ccccc1)=C\C1CCCCC1. The summed E-state index contributed by atoms with van der Waals surface area (Å²) in [7, 11) is 0. The number of ketones is 1. The van der Waals surface area contributed by atoms with Gasteiger partial charge in [0.1, 0.15) is 5.78 Å². The molecule has 0 unspecified atom stereocenters. The molecular weight excluding hydrogens is 304 g/mol. The summed E-state index contributed by atoms with van der Waals surface area (Å²) in [5.41, 5.74) is 2.90. The van der Waals surface area contributed by atoms with Crippen LogP contribution < -0.4 is 0 Å². The third-order valence-corrected chi connectivity index (χ3v) is 5.12. The lowest BCUT2D eigenvalue weighted by Gasteiger charge is -2.19. The Balaban J connectivity index is 1.84. The van der Waals surface area contributed by atoms with Crippen LogP contribution in [0, 0.1) is 5.92 Å². The van der Waals surface area contributed by atoms with Gasteiger partial charge in [0, 0.05) is 6.42 Å². The van der Waals surface area contributed by atoms with Crippen molar-refractivity contribution in [3.05, 3.63) is 59.7 Å². The van der Waals surface area contributed by atoms with Gasteiger partial charge in [0.25, 0.3) is 0 Å². The van der Waals surface area contributed by atoms with Crippen LogP contribution in [0.5, 0.6) is 0 Å². The lowest BCUT2D eigenvalue weighted by atomic mass is 9.87. The van der Waals surface area contributed by atoms with Gasteiger partial charge in [-0.2, -0.15) is 0 Å². The second kappa shape index (κ2) is 11.8. The maximum Gasteiger partial charge on any atom is 0.129 e. The molecule has 1 aromatic carbocycles. The van der Waals surface area contributed by atoms with Gasteiger partial charge in [-0.05, 0) is 63.4 Å². The Labute approximate surface area is 154 Å². The van der Waals surface area contributed by atoms with Crippen LogP contribution in [-0.2, 0) is 11.2 Å². The molecule has 1 aromatic rings. The molecule has 0 N–H and O–H groups in total. The number of allylic oxidation sites excluding steroid dienone is 4. The molecular formula is C24H34O. The third-order valence-electron chi connectivity index (χ3n) is 5.12. The molecule has 1 aliphatic rings. The number of Topliss-reactive ketones (excluding diaryl/α,β-unsaturated/α-hetero) is 1. The van der Waals surface area contributed by atoms with Crippen LogP contribution in [0.25, 0.3) is 0 Å². The van der Waals surface area contributed by atoms with Gasteiger partial charge in [0.15, 0.2) is 0 Å². The van der Waals surface area contributed by atoms with Crippen LogP contribution >= 0.6 is 0 Å². The molecule has 0 atom stereocenters. The van der Waals surface area contributed by atoms with E-state index in [0.29, 0.717) is 5.78 Å². The number of unbranched alkanes of at least 4 members (excludes halogenated alkanes) is 1. The van der Waals surface area contributed by atoms with Gasteiger partial charge in [-0.3, -0.25) is 0 Å². The third kappa shape index (κ3) is 8.86. The highest BCUT2D eigenvalue weighted by Crippen LogP contribution is 2.27. The average molecular weight is 339 g/mol. The quantitative estimate of drug-likeness (QED) is 0.337. The molecule has 0 bridgehead atoms. The predicted molar refractivity (Wildman–Crippen MR) is 108 cm³/mol. The second-order valence-corrected chi connectivity index (χ2v) is 7.48. The van der Waals surface area contributed by atoms with Crippen molar-refractivity contribution in [3.8, 4) is 0 Å². The number of hydrogen-bond donors (Lipinski definition) is 0. The minimum atomic E-state index is 0.316. The first-order valence-corrected chi connectivity index (χ1v) is 10.1. The van der Waals surface area contributed by atoms with Crippen molar-refractivity contribution in [2.24, 2.45) is 5.92 Å².